The lowest BCUT2D eigenvalue weighted by atomic mass is 10.1. The summed E-state index contributed by atoms with van der Waals surface area (Å²) in [6, 6.07) is 15.4. The van der Waals surface area contributed by atoms with Crippen LogP contribution in [0.2, 0.25) is 5.02 Å². The fourth-order valence-corrected chi connectivity index (χ4v) is 4.12. The van der Waals surface area contributed by atoms with Crippen LogP contribution in [-0.2, 0) is 10.5 Å². The van der Waals surface area contributed by atoms with E-state index >= 15 is 0 Å². The van der Waals surface area contributed by atoms with E-state index < -0.39 is 0 Å². The Morgan fingerprint density at radius 1 is 1.19 bits per heavy atom. The van der Waals surface area contributed by atoms with E-state index in [0.29, 0.717) is 21.6 Å². The first kappa shape index (κ1) is 17.1. The van der Waals surface area contributed by atoms with Crippen molar-refractivity contribution >= 4 is 40.1 Å². The Hall–Kier alpha value is -2.31. The third-order valence-corrected chi connectivity index (χ3v) is 5.56. The molecule has 1 atom stereocenters. The molecule has 2 aromatic carbocycles. The highest BCUT2D eigenvalue weighted by molar-refractivity contribution is 8.13. The molecule has 0 aliphatic carbocycles. The van der Waals surface area contributed by atoms with Crippen molar-refractivity contribution in [2.24, 2.45) is 10.1 Å². The van der Waals surface area contributed by atoms with E-state index in [0.717, 1.165) is 22.6 Å². The number of carbonyl (C=O) groups is 1. The maximum atomic E-state index is 12.8. The maximum absolute atomic E-state index is 12.8. The summed E-state index contributed by atoms with van der Waals surface area (Å²) in [6.45, 7) is 2.04. The van der Waals surface area contributed by atoms with Gasteiger partial charge in [0.1, 0.15) is 11.9 Å². The lowest BCUT2D eigenvalue weighted by molar-refractivity contribution is -0.116. The van der Waals surface area contributed by atoms with Crippen molar-refractivity contribution in [2.75, 3.05) is 0 Å². The molecule has 0 bridgehead atoms. The van der Waals surface area contributed by atoms with Crippen molar-refractivity contribution in [2.45, 2.75) is 25.3 Å². The average Bonchev–Trinajstić information content (AvgIpc) is 2.66. The van der Waals surface area contributed by atoms with Gasteiger partial charge >= 0.3 is 0 Å². The van der Waals surface area contributed by atoms with Gasteiger partial charge in [-0.1, -0.05) is 66.7 Å². The molecule has 0 saturated heterocycles. The number of halogens is 1. The minimum absolute atomic E-state index is 0.151. The average molecular weight is 385 g/mol. The lowest BCUT2D eigenvalue weighted by Gasteiger charge is -2.33. The smallest absolute Gasteiger partial charge is 0.276 e. The van der Waals surface area contributed by atoms with Crippen molar-refractivity contribution in [3.05, 3.63) is 69.7 Å². The van der Waals surface area contributed by atoms with Crippen molar-refractivity contribution in [3.8, 4) is 0 Å². The molecule has 0 radical (unpaired) electrons. The molecule has 26 heavy (non-hydrogen) atoms. The summed E-state index contributed by atoms with van der Waals surface area (Å²) in [5.74, 6) is 0.481. The van der Waals surface area contributed by atoms with E-state index in [1.807, 2.05) is 55.5 Å². The van der Waals surface area contributed by atoms with Gasteiger partial charge in [-0.3, -0.25) is 15.1 Å². The van der Waals surface area contributed by atoms with Crippen LogP contribution in [0.4, 0.5) is 0 Å². The normalized spacial score (nSPS) is 18.5. The van der Waals surface area contributed by atoms with Gasteiger partial charge < -0.3 is 0 Å². The van der Waals surface area contributed by atoms with Crippen LogP contribution in [0.25, 0.3) is 5.70 Å². The monoisotopic (exact) mass is 384 g/mol. The Bertz CT molecular complexity index is 1020. The summed E-state index contributed by atoms with van der Waals surface area (Å²) >= 11 is 7.67. The molecular weight excluding hydrogens is 368 g/mol. The summed E-state index contributed by atoms with van der Waals surface area (Å²) in [7, 11) is 0. The highest BCUT2D eigenvalue weighted by Crippen LogP contribution is 2.25. The summed E-state index contributed by atoms with van der Waals surface area (Å²) in [5.41, 5.74) is 1.57. The van der Waals surface area contributed by atoms with Crippen LogP contribution < -0.4 is 15.9 Å². The number of nitrogens with zero attached hydrogens (tertiary/aromatic N) is 3. The van der Waals surface area contributed by atoms with Crippen molar-refractivity contribution in [1.29, 1.82) is 0 Å². The molecular formula is C19H17ClN4OS. The zero-order valence-electron chi connectivity index (χ0n) is 14.1. The first-order chi connectivity index (χ1) is 12.7. The number of benzene rings is 2. The van der Waals surface area contributed by atoms with Gasteiger partial charge in [-0.2, -0.15) is 0 Å². The van der Waals surface area contributed by atoms with Gasteiger partial charge in [-0.15, -0.1) is 5.10 Å². The first-order valence-electron chi connectivity index (χ1n) is 8.40. The Morgan fingerprint density at radius 2 is 1.96 bits per heavy atom. The van der Waals surface area contributed by atoms with Gasteiger partial charge in [0.05, 0.1) is 5.36 Å². The van der Waals surface area contributed by atoms with E-state index in [9.17, 15) is 4.79 Å². The molecule has 2 heterocycles. The number of hydrogen-bond donors (Lipinski definition) is 1. The van der Waals surface area contributed by atoms with Gasteiger partial charge in [0, 0.05) is 16.0 Å². The number of fused-ring (bicyclic) bond motifs is 2. The van der Waals surface area contributed by atoms with Crippen LogP contribution in [0.3, 0.4) is 0 Å². The van der Waals surface area contributed by atoms with Crippen LogP contribution >= 0.6 is 23.4 Å². The molecule has 0 aromatic heterocycles. The Kier molecular flexibility index (Phi) is 4.70. The van der Waals surface area contributed by atoms with Crippen LogP contribution in [0.5, 0.6) is 0 Å². The van der Waals surface area contributed by atoms with E-state index in [2.05, 4.69) is 10.4 Å². The van der Waals surface area contributed by atoms with Crippen molar-refractivity contribution in [1.82, 2.24) is 10.3 Å². The summed E-state index contributed by atoms with van der Waals surface area (Å²) in [4.78, 5) is 17.5. The minimum Gasteiger partial charge on any atom is -0.298 e. The number of carbonyl (C=O) groups excluding carboxylic acids is 1. The van der Waals surface area contributed by atoms with Gasteiger partial charge in [0.25, 0.3) is 5.91 Å². The molecule has 7 heteroatoms. The quantitative estimate of drug-likeness (QED) is 0.884. The number of amidine groups is 1. The standard InChI is InChI=1S/C19H17ClN4OS/c1-2-16-21-15-10-6-4-8-13(15)17-18(25)22-19(23-24(16)17)26-11-12-7-3-5-9-14(12)20/h3-10,16H,2,11H2,1H3,(H,22,23,25)/t16-/m1/s1. The zero-order chi connectivity index (χ0) is 18.1. The van der Waals surface area contributed by atoms with Gasteiger partial charge in [0.2, 0.25) is 0 Å². The van der Waals surface area contributed by atoms with Crippen LogP contribution in [-0.4, -0.2) is 22.2 Å². The van der Waals surface area contributed by atoms with E-state index in [4.69, 9.17) is 16.6 Å². The van der Waals surface area contributed by atoms with Gasteiger partial charge in [-0.25, -0.2) is 5.01 Å². The SMILES string of the molecule is CC[C@@H]1N=c2ccccc2=C2C(=O)NC(SCc3ccccc3Cl)=NN21. The molecule has 5 nitrogen and oxygen atoms in total. The molecule has 0 unspecified atom stereocenters. The Labute approximate surface area is 160 Å². The zero-order valence-corrected chi connectivity index (χ0v) is 15.7. The maximum Gasteiger partial charge on any atom is 0.276 e. The lowest BCUT2D eigenvalue weighted by Crippen LogP contribution is -2.52. The van der Waals surface area contributed by atoms with Crippen LogP contribution in [0.1, 0.15) is 18.9 Å². The van der Waals surface area contributed by atoms with Crippen molar-refractivity contribution < 1.29 is 4.79 Å². The fraction of sp³-hybridized carbons (Fsp3) is 0.211. The summed E-state index contributed by atoms with van der Waals surface area (Å²) < 4.78 is 0. The predicted molar refractivity (Wildman–Crippen MR) is 105 cm³/mol. The van der Waals surface area contributed by atoms with E-state index in [1.165, 1.54) is 11.8 Å². The fourth-order valence-electron chi connectivity index (χ4n) is 2.99. The Morgan fingerprint density at radius 3 is 2.77 bits per heavy atom. The first-order valence-corrected chi connectivity index (χ1v) is 9.76. The molecule has 2 aliphatic heterocycles. The van der Waals surface area contributed by atoms with Crippen molar-refractivity contribution in [3.63, 3.8) is 0 Å². The summed E-state index contributed by atoms with van der Waals surface area (Å²) in [5, 5.41) is 12.2. The second-order valence-electron chi connectivity index (χ2n) is 5.97. The van der Waals surface area contributed by atoms with E-state index in [-0.39, 0.29) is 12.1 Å². The topological polar surface area (TPSA) is 57.1 Å². The number of para-hydroxylation sites is 1. The number of thioether (sulfide) groups is 1. The molecule has 4 rings (SSSR count). The number of nitrogens with one attached hydrogen (secondary N) is 1. The molecule has 0 saturated carbocycles. The largest absolute Gasteiger partial charge is 0.298 e. The summed E-state index contributed by atoms with van der Waals surface area (Å²) in [6.07, 6.45) is 0.582. The third-order valence-electron chi connectivity index (χ3n) is 4.28. The second kappa shape index (κ2) is 7.13. The molecule has 2 aliphatic rings. The van der Waals surface area contributed by atoms with Crippen LogP contribution in [0, 0.1) is 0 Å². The van der Waals surface area contributed by atoms with Gasteiger partial charge in [0.15, 0.2) is 5.17 Å². The Balaban J connectivity index is 1.68. The number of rotatable bonds is 3. The number of amides is 1. The molecule has 1 amide bonds. The van der Waals surface area contributed by atoms with Crippen LogP contribution in [0.15, 0.2) is 58.6 Å². The number of hydrogen-bond acceptors (Lipinski definition) is 5. The highest BCUT2D eigenvalue weighted by Gasteiger charge is 2.32. The predicted octanol–water partition coefficient (Wildman–Crippen LogP) is 2.45. The van der Waals surface area contributed by atoms with E-state index in [1.54, 1.807) is 5.01 Å². The minimum atomic E-state index is -0.179. The molecule has 2 aromatic rings. The highest BCUT2D eigenvalue weighted by atomic mass is 35.5. The molecule has 0 fully saturated rings. The second-order valence-corrected chi connectivity index (χ2v) is 7.34. The molecule has 132 valence electrons. The molecule has 0 spiro atoms. The third kappa shape index (κ3) is 3.10. The number of hydrazone groups is 1. The molecule has 1 N–H and O–H groups in total. The van der Waals surface area contributed by atoms with Gasteiger partial charge in [-0.05, 0) is 24.1 Å².